The van der Waals surface area contributed by atoms with Crippen molar-refractivity contribution in [2.45, 2.75) is 18.8 Å². The van der Waals surface area contributed by atoms with Crippen LogP contribution in [0.4, 0.5) is 11.4 Å². The highest BCUT2D eigenvalue weighted by molar-refractivity contribution is 5.99. The molecule has 1 atom stereocenters. The fourth-order valence-corrected chi connectivity index (χ4v) is 2.78. The predicted octanol–water partition coefficient (Wildman–Crippen LogP) is 2.96. The summed E-state index contributed by atoms with van der Waals surface area (Å²) in [4.78, 5) is 11.9. The Bertz CT molecular complexity index is 649. The first-order chi connectivity index (χ1) is 9.16. The van der Waals surface area contributed by atoms with Gasteiger partial charge >= 0.3 is 0 Å². The molecule has 4 N–H and O–H groups in total. The number of benzene rings is 2. The van der Waals surface area contributed by atoms with E-state index in [0.717, 1.165) is 23.1 Å². The number of carbonyl (C=O) groups is 1. The molecule has 2 aromatic carbocycles. The van der Waals surface area contributed by atoms with Crippen LogP contribution in [0.2, 0.25) is 0 Å². The maximum absolute atomic E-state index is 11.9. The molecule has 0 amide bonds. The molecule has 0 heterocycles. The third kappa shape index (κ3) is 1.97. The minimum Gasteiger partial charge on any atom is -0.397 e. The van der Waals surface area contributed by atoms with Crippen LogP contribution in [0, 0.1) is 0 Å². The Balaban J connectivity index is 2.09. The molecule has 96 valence electrons. The second kappa shape index (κ2) is 4.43. The first-order valence-electron chi connectivity index (χ1n) is 6.44. The number of nitrogens with two attached hydrogens (primary N) is 2. The van der Waals surface area contributed by atoms with E-state index in [1.54, 1.807) is 0 Å². The Labute approximate surface area is 112 Å². The Morgan fingerprint density at radius 3 is 2.58 bits per heavy atom. The van der Waals surface area contributed by atoms with Gasteiger partial charge in [0, 0.05) is 17.9 Å². The Kier molecular flexibility index (Phi) is 2.75. The Morgan fingerprint density at radius 2 is 1.79 bits per heavy atom. The van der Waals surface area contributed by atoms with Crippen LogP contribution >= 0.6 is 0 Å². The third-order valence-corrected chi connectivity index (χ3v) is 3.81. The van der Waals surface area contributed by atoms with E-state index in [4.69, 9.17) is 11.5 Å². The lowest BCUT2D eigenvalue weighted by atomic mass is 9.78. The molecule has 0 aliphatic heterocycles. The lowest BCUT2D eigenvalue weighted by Gasteiger charge is -2.25. The maximum Gasteiger partial charge on any atom is 0.163 e. The van der Waals surface area contributed by atoms with Gasteiger partial charge in [-0.05, 0) is 29.7 Å². The molecule has 0 saturated carbocycles. The molecule has 1 aliphatic carbocycles. The molecule has 0 saturated heterocycles. The number of hydrogen-bond donors (Lipinski definition) is 2. The molecule has 2 aromatic rings. The van der Waals surface area contributed by atoms with Crippen LogP contribution in [-0.4, -0.2) is 5.78 Å². The van der Waals surface area contributed by atoms with Crippen molar-refractivity contribution in [1.82, 2.24) is 0 Å². The van der Waals surface area contributed by atoms with E-state index in [1.807, 2.05) is 42.5 Å². The molecule has 0 fully saturated rings. The molecule has 19 heavy (non-hydrogen) atoms. The van der Waals surface area contributed by atoms with E-state index >= 15 is 0 Å². The molecule has 1 aliphatic rings. The van der Waals surface area contributed by atoms with E-state index < -0.39 is 0 Å². The number of fused-ring (bicyclic) bond motifs is 1. The lowest BCUT2D eigenvalue weighted by molar-refractivity contribution is 0.0969. The van der Waals surface area contributed by atoms with Crippen molar-refractivity contribution in [1.29, 1.82) is 0 Å². The largest absolute Gasteiger partial charge is 0.397 e. The Morgan fingerprint density at radius 1 is 1.00 bits per heavy atom. The zero-order valence-corrected chi connectivity index (χ0v) is 10.6. The van der Waals surface area contributed by atoms with Crippen molar-refractivity contribution in [2.75, 3.05) is 11.5 Å². The number of nitrogen functional groups attached to an aromatic ring is 2. The summed E-state index contributed by atoms with van der Waals surface area (Å²) in [7, 11) is 0. The van der Waals surface area contributed by atoms with Crippen LogP contribution in [-0.2, 0) is 0 Å². The van der Waals surface area contributed by atoms with E-state index in [2.05, 4.69) is 0 Å². The zero-order chi connectivity index (χ0) is 13.4. The van der Waals surface area contributed by atoms with Gasteiger partial charge in [-0.1, -0.05) is 30.3 Å². The van der Waals surface area contributed by atoms with Gasteiger partial charge in [-0.15, -0.1) is 0 Å². The van der Waals surface area contributed by atoms with Gasteiger partial charge in [-0.2, -0.15) is 0 Å². The average molecular weight is 252 g/mol. The maximum atomic E-state index is 11.9. The molecule has 0 aromatic heterocycles. The first-order valence-corrected chi connectivity index (χ1v) is 6.44. The van der Waals surface area contributed by atoms with Gasteiger partial charge in [0.2, 0.25) is 0 Å². The standard InChI is InChI=1S/C16H16N2O/c17-14-7-5-10(9-15(14)18)11-6-8-16(19)13-4-2-1-3-12(11)13/h1-5,7,9,11H,6,8,17-18H2. The predicted molar refractivity (Wildman–Crippen MR) is 77.1 cm³/mol. The first kappa shape index (κ1) is 11.8. The molecular weight excluding hydrogens is 236 g/mol. The second-order valence-corrected chi connectivity index (χ2v) is 4.99. The van der Waals surface area contributed by atoms with Crippen LogP contribution in [0.5, 0.6) is 0 Å². The van der Waals surface area contributed by atoms with Crippen molar-refractivity contribution in [2.24, 2.45) is 0 Å². The number of hydrogen-bond acceptors (Lipinski definition) is 3. The average Bonchev–Trinajstić information content (AvgIpc) is 2.43. The van der Waals surface area contributed by atoms with Crippen molar-refractivity contribution in [3.8, 4) is 0 Å². The van der Waals surface area contributed by atoms with Crippen LogP contribution in [0.1, 0.15) is 40.2 Å². The molecule has 3 rings (SSSR count). The summed E-state index contributed by atoms with van der Waals surface area (Å²) in [5, 5.41) is 0. The van der Waals surface area contributed by atoms with Gasteiger partial charge in [0.15, 0.2) is 5.78 Å². The minimum atomic E-state index is 0.232. The topological polar surface area (TPSA) is 69.1 Å². The van der Waals surface area contributed by atoms with Gasteiger partial charge in [-0.25, -0.2) is 0 Å². The molecule has 0 bridgehead atoms. The minimum absolute atomic E-state index is 0.232. The van der Waals surface area contributed by atoms with Crippen molar-refractivity contribution in [3.63, 3.8) is 0 Å². The normalized spacial score (nSPS) is 18.1. The highest BCUT2D eigenvalue weighted by atomic mass is 16.1. The van der Waals surface area contributed by atoms with E-state index in [1.165, 1.54) is 0 Å². The number of ketones is 1. The summed E-state index contributed by atoms with van der Waals surface area (Å²) < 4.78 is 0. The molecule has 0 spiro atoms. The summed E-state index contributed by atoms with van der Waals surface area (Å²) in [6, 6.07) is 13.6. The number of anilines is 2. The van der Waals surface area contributed by atoms with Crippen molar-refractivity contribution in [3.05, 3.63) is 59.2 Å². The van der Waals surface area contributed by atoms with Crippen LogP contribution in [0.3, 0.4) is 0 Å². The van der Waals surface area contributed by atoms with E-state index in [9.17, 15) is 4.79 Å². The highest BCUT2D eigenvalue weighted by Gasteiger charge is 2.26. The summed E-state index contributed by atoms with van der Waals surface area (Å²) in [6.07, 6.45) is 1.42. The molecule has 3 heteroatoms. The van der Waals surface area contributed by atoms with E-state index in [0.29, 0.717) is 17.8 Å². The zero-order valence-electron chi connectivity index (χ0n) is 10.6. The van der Waals surface area contributed by atoms with Crippen molar-refractivity contribution < 1.29 is 4.79 Å². The molecule has 0 radical (unpaired) electrons. The van der Waals surface area contributed by atoms with Gasteiger partial charge in [0.1, 0.15) is 0 Å². The summed E-state index contributed by atoms with van der Waals surface area (Å²) >= 11 is 0. The quantitative estimate of drug-likeness (QED) is 0.767. The number of Topliss-reactive ketones (excluding diaryl/α,β-unsaturated/α-hetero) is 1. The molecule has 3 nitrogen and oxygen atoms in total. The smallest absolute Gasteiger partial charge is 0.163 e. The van der Waals surface area contributed by atoms with Gasteiger partial charge in [0.05, 0.1) is 11.4 Å². The summed E-state index contributed by atoms with van der Waals surface area (Å²) in [6.45, 7) is 0. The fraction of sp³-hybridized carbons (Fsp3) is 0.188. The Hall–Kier alpha value is -2.29. The third-order valence-electron chi connectivity index (χ3n) is 3.81. The van der Waals surface area contributed by atoms with Gasteiger partial charge in [-0.3, -0.25) is 4.79 Å². The molecular formula is C16H16N2O. The fourth-order valence-electron chi connectivity index (χ4n) is 2.78. The summed E-state index contributed by atoms with van der Waals surface area (Å²) in [5.74, 6) is 0.465. The number of rotatable bonds is 1. The lowest BCUT2D eigenvalue weighted by Crippen LogP contribution is -2.16. The number of carbonyl (C=O) groups excluding carboxylic acids is 1. The van der Waals surface area contributed by atoms with E-state index in [-0.39, 0.29) is 11.7 Å². The monoisotopic (exact) mass is 252 g/mol. The molecule has 1 unspecified atom stereocenters. The van der Waals surface area contributed by atoms with Gasteiger partial charge in [0.25, 0.3) is 0 Å². The highest BCUT2D eigenvalue weighted by Crippen LogP contribution is 2.37. The van der Waals surface area contributed by atoms with Crippen molar-refractivity contribution >= 4 is 17.2 Å². The van der Waals surface area contributed by atoms with Gasteiger partial charge < -0.3 is 11.5 Å². The van der Waals surface area contributed by atoms with Crippen LogP contribution in [0.15, 0.2) is 42.5 Å². The van der Waals surface area contributed by atoms with Crippen LogP contribution in [0.25, 0.3) is 0 Å². The second-order valence-electron chi connectivity index (χ2n) is 4.99. The SMILES string of the molecule is Nc1ccc(C2CCC(=O)c3ccccc32)cc1N. The summed E-state index contributed by atoms with van der Waals surface area (Å²) in [5.41, 5.74) is 15.9. The van der Waals surface area contributed by atoms with Crippen LogP contribution < -0.4 is 11.5 Å².